The largest absolute Gasteiger partial charge is 0.347 e. The normalized spacial score (nSPS) is 11.0. The summed E-state index contributed by atoms with van der Waals surface area (Å²) in [5.41, 5.74) is 0.225. The monoisotopic (exact) mass is 293 g/mol. The van der Waals surface area contributed by atoms with Gasteiger partial charge in [-0.05, 0) is 24.1 Å². The molecule has 0 saturated carbocycles. The second-order valence-electron chi connectivity index (χ2n) is 5.07. The summed E-state index contributed by atoms with van der Waals surface area (Å²) in [6.07, 6.45) is 0.597. The number of aromatic amines is 1. The number of ketones is 1. The fraction of sp³-hybridized carbons (Fsp3) is 0.357. The van der Waals surface area contributed by atoms with Crippen LogP contribution in [0.2, 0.25) is 5.02 Å². The van der Waals surface area contributed by atoms with Gasteiger partial charge in [0.05, 0.1) is 12.1 Å². The molecule has 0 radical (unpaired) electrons. The maximum Gasteiger partial charge on any atom is 0.347 e. The zero-order valence-corrected chi connectivity index (χ0v) is 12.1. The van der Waals surface area contributed by atoms with Crippen molar-refractivity contribution in [3.63, 3.8) is 0 Å². The predicted octanol–water partition coefficient (Wildman–Crippen LogP) is 2.37. The summed E-state index contributed by atoms with van der Waals surface area (Å²) in [7, 11) is 0. The van der Waals surface area contributed by atoms with E-state index < -0.39 is 0 Å². The molecule has 0 unspecified atom stereocenters. The van der Waals surface area contributed by atoms with E-state index in [0.29, 0.717) is 23.0 Å². The van der Waals surface area contributed by atoms with E-state index >= 15 is 0 Å². The smallest absolute Gasteiger partial charge is 0.299 e. The lowest BCUT2D eigenvalue weighted by atomic mass is 10.1. The Morgan fingerprint density at radius 3 is 2.85 bits per heavy atom. The van der Waals surface area contributed by atoms with Crippen LogP contribution < -0.4 is 5.69 Å². The van der Waals surface area contributed by atoms with E-state index in [1.54, 1.807) is 24.3 Å². The second kappa shape index (κ2) is 6.05. The van der Waals surface area contributed by atoms with E-state index in [1.165, 1.54) is 4.57 Å². The first-order valence-electron chi connectivity index (χ1n) is 6.41. The number of aromatic nitrogens is 3. The van der Waals surface area contributed by atoms with Crippen LogP contribution in [0.4, 0.5) is 0 Å². The molecule has 0 atom stereocenters. The quantitative estimate of drug-likeness (QED) is 0.920. The van der Waals surface area contributed by atoms with E-state index in [-0.39, 0.29) is 23.8 Å². The highest BCUT2D eigenvalue weighted by molar-refractivity contribution is 6.30. The summed E-state index contributed by atoms with van der Waals surface area (Å²) in [5, 5.41) is 6.83. The zero-order valence-electron chi connectivity index (χ0n) is 11.4. The van der Waals surface area contributed by atoms with Crippen LogP contribution in [0.15, 0.2) is 29.1 Å². The lowest BCUT2D eigenvalue weighted by Crippen LogP contribution is -2.19. The summed E-state index contributed by atoms with van der Waals surface area (Å²) in [6.45, 7) is 3.96. The number of H-pyrrole nitrogens is 1. The standard InChI is InChI=1S/C14H16ClN3O2/c1-9(2)6-12(19)8-13-16-17-14(20)18(13)11-5-3-4-10(15)7-11/h3-5,7,9H,6,8H2,1-2H3,(H,17,20). The molecule has 2 aromatic rings. The van der Waals surface area contributed by atoms with E-state index in [9.17, 15) is 9.59 Å². The molecular formula is C14H16ClN3O2. The average Bonchev–Trinajstić information content (AvgIpc) is 2.69. The number of hydrogen-bond acceptors (Lipinski definition) is 3. The molecule has 5 nitrogen and oxygen atoms in total. The van der Waals surface area contributed by atoms with E-state index in [1.807, 2.05) is 13.8 Å². The van der Waals surface area contributed by atoms with Crippen molar-refractivity contribution in [1.82, 2.24) is 14.8 Å². The summed E-state index contributed by atoms with van der Waals surface area (Å²) >= 11 is 5.93. The minimum Gasteiger partial charge on any atom is -0.299 e. The lowest BCUT2D eigenvalue weighted by Gasteiger charge is -2.06. The number of Topliss-reactive ketones (excluding diaryl/α,β-unsaturated/α-hetero) is 1. The van der Waals surface area contributed by atoms with Crippen molar-refractivity contribution in [1.29, 1.82) is 0 Å². The molecule has 0 aliphatic heterocycles. The minimum absolute atomic E-state index is 0.0577. The van der Waals surface area contributed by atoms with Crippen LogP contribution in [0.3, 0.4) is 0 Å². The lowest BCUT2D eigenvalue weighted by molar-refractivity contribution is -0.119. The topological polar surface area (TPSA) is 67.8 Å². The first-order valence-corrected chi connectivity index (χ1v) is 6.79. The van der Waals surface area contributed by atoms with Crippen molar-refractivity contribution in [3.05, 3.63) is 45.6 Å². The number of benzene rings is 1. The van der Waals surface area contributed by atoms with Gasteiger partial charge in [0.15, 0.2) is 0 Å². The number of halogens is 1. The predicted molar refractivity (Wildman–Crippen MR) is 77.4 cm³/mol. The Balaban J connectivity index is 2.33. The zero-order chi connectivity index (χ0) is 14.7. The number of nitrogens with one attached hydrogen (secondary N) is 1. The molecule has 0 aliphatic carbocycles. The highest BCUT2D eigenvalue weighted by atomic mass is 35.5. The Morgan fingerprint density at radius 1 is 1.45 bits per heavy atom. The number of rotatable bonds is 5. The molecule has 1 N–H and O–H groups in total. The van der Waals surface area contributed by atoms with E-state index in [2.05, 4.69) is 10.2 Å². The van der Waals surface area contributed by atoms with Gasteiger partial charge >= 0.3 is 5.69 Å². The van der Waals surface area contributed by atoms with Crippen molar-refractivity contribution < 1.29 is 4.79 Å². The highest BCUT2D eigenvalue weighted by Crippen LogP contribution is 2.15. The molecule has 0 aliphatic rings. The Labute approximate surface area is 121 Å². The van der Waals surface area contributed by atoms with Gasteiger partial charge in [-0.25, -0.2) is 14.5 Å². The molecule has 0 fully saturated rings. The van der Waals surface area contributed by atoms with E-state index in [4.69, 9.17) is 11.6 Å². The maximum atomic E-state index is 11.9. The van der Waals surface area contributed by atoms with Crippen LogP contribution in [0.1, 0.15) is 26.1 Å². The first-order chi connectivity index (χ1) is 9.47. The minimum atomic E-state index is -0.375. The molecule has 2 rings (SSSR count). The van der Waals surface area contributed by atoms with Crippen LogP contribution >= 0.6 is 11.6 Å². The van der Waals surface area contributed by atoms with Gasteiger partial charge in [0.1, 0.15) is 11.6 Å². The summed E-state index contributed by atoms with van der Waals surface area (Å²) in [6, 6.07) is 6.88. The van der Waals surface area contributed by atoms with Crippen molar-refractivity contribution >= 4 is 17.4 Å². The molecule has 1 heterocycles. The molecule has 106 valence electrons. The molecule has 0 amide bonds. The third kappa shape index (κ3) is 3.36. The number of carbonyl (C=O) groups is 1. The van der Waals surface area contributed by atoms with Gasteiger partial charge in [-0.15, -0.1) is 0 Å². The van der Waals surface area contributed by atoms with Gasteiger partial charge in [-0.2, -0.15) is 5.10 Å². The van der Waals surface area contributed by atoms with Crippen molar-refractivity contribution in [2.75, 3.05) is 0 Å². The molecule has 0 spiro atoms. The molecule has 1 aromatic heterocycles. The summed E-state index contributed by atoms with van der Waals surface area (Å²) in [4.78, 5) is 23.7. The summed E-state index contributed by atoms with van der Waals surface area (Å²) < 4.78 is 1.38. The molecular weight excluding hydrogens is 278 g/mol. The second-order valence-corrected chi connectivity index (χ2v) is 5.51. The number of nitrogens with zero attached hydrogens (tertiary/aromatic N) is 2. The fourth-order valence-electron chi connectivity index (χ4n) is 2.03. The molecule has 6 heteroatoms. The van der Waals surface area contributed by atoms with Gasteiger partial charge in [0.25, 0.3) is 0 Å². The third-order valence-corrected chi connectivity index (χ3v) is 3.03. The number of carbonyl (C=O) groups excluding carboxylic acids is 1. The van der Waals surface area contributed by atoms with E-state index in [0.717, 1.165) is 0 Å². The van der Waals surface area contributed by atoms with Gasteiger partial charge in [-0.3, -0.25) is 4.79 Å². The van der Waals surface area contributed by atoms with Crippen molar-refractivity contribution in [2.24, 2.45) is 5.92 Å². The third-order valence-electron chi connectivity index (χ3n) is 2.80. The Hall–Kier alpha value is -1.88. The Bertz CT molecular complexity index is 673. The SMILES string of the molecule is CC(C)CC(=O)Cc1n[nH]c(=O)n1-c1cccc(Cl)c1. The molecule has 0 saturated heterocycles. The van der Waals surface area contributed by atoms with Gasteiger partial charge in [-0.1, -0.05) is 31.5 Å². The van der Waals surface area contributed by atoms with Crippen molar-refractivity contribution in [3.8, 4) is 5.69 Å². The van der Waals surface area contributed by atoms with Gasteiger partial charge in [0, 0.05) is 11.4 Å². The molecule has 0 bridgehead atoms. The van der Waals surface area contributed by atoms with Crippen LogP contribution in [0.5, 0.6) is 0 Å². The molecule has 20 heavy (non-hydrogen) atoms. The van der Waals surface area contributed by atoms with Crippen LogP contribution in [0.25, 0.3) is 5.69 Å². The fourth-order valence-corrected chi connectivity index (χ4v) is 2.22. The maximum absolute atomic E-state index is 11.9. The van der Waals surface area contributed by atoms with Crippen LogP contribution in [0, 0.1) is 5.92 Å². The summed E-state index contributed by atoms with van der Waals surface area (Å²) in [5.74, 6) is 0.748. The Kier molecular flexibility index (Phi) is 4.39. The van der Waals surface area contributed by atoms with Crippen molar-refractivity contribution in [2.45, 2.75) is 26.7 Å². The first kappa shape index (κ1) is 14.5. The van der Waals surface area contributed by atoms with Gasteiger partial charge in [0.2, 0.25) is 0 Å². The Morgan fingerprint density at radius 2 is 2.20 bits per heavy atom. The van der Waals surface area contributed by atoms with Crippen LogP contribution in [-0.2, 0) is 11.2 Å². The number of hydrogen-bond donors (Lipinski definition) is 1. The molecule has 1 aromatic carbocycles. The average molecular weight is 294 g/mol. The van der Waals surface area contributed by atoms with Gasteiger partial charge < -0.3 is 0 Å². The highest BCUT2D eigenvalue weighted by Gasteiger charge is 2.15. The van der Waals surface area contributed by atoms with Crippen LogP contribution in [-0.4, -0.2) is 20.5 Å².